The highest BCUT2D eigenvalue weighted by Crippen LogP contribution is 2.24. The lowest BCUT2D eigenvalue weighted by Gasteiger charge is -2.31. The maximum Gasteiger partial charge on any atom is 0.321 e. The highest BCUT2D eigenvalue weighted by Gasteiger charge is 2.30. The van der Waals surface area contributed by atoms with Crippen LogP contribution in [0.25, 0.3) is 0 Å². The largest absolute Gasteiger partial charge is 0.355 e. The van der Waals surface area contributed by atoms with E-state index < -0.39 is 11.7 Å². The first-order valence-corrected chi connectivity index (χ1v) is 11.0. The smallest absolute Gasteiger partial charge is 0.321 e. The van der Waals surface area contributed by atoms with Crippen molar-refractivity contribution in [3.8, 4) is 0 Å². The van der Waals surface area contributed by atoms with Crippen molar-refractivity contribution >= 4 is 50.9 Å². The maximum absolute atomic E-state index is 13.4. The summed E-state index contributed by atoms with van der Waals surface area (Å²) in [6.07, 6.45) is 0.797. The molecule has 2 aromatic carbocycles. The van der Waals surface area contributed by atoms with E-state index in [0.29, 0.717) is 42.9 Å². The van der Waals surface area contributed by atoms with Crippen molar-refractivity contribution in [1.82, 2.24) is 15.7 Å². The minimum absolute atomic E-state index is 0.191. The monoisotopic (exact) mass is 519 g/mol. The topological polar surface area (TPSA) is 123 Å². The number of hydrogen-bond donors (Lipinski definition) is 4. The third-order valence-corrected chi connectivity index (χ3v) is 5.87. The van der Waals surface area contributed by atoms with Crippen LogP contribution in [0.3, 0.4) is 0 Å². The SMILES string of the molecule is CNC(=O)c1ccc(NC(=O)N2CCC(C(=O)C(=Nc3ccc(F)c(Br)c3)NO)CC2)cc1. The first-order valence-electron chi connectivity index (χ1n) is 10.2. The number of carbonyl (C=O) groups excluding carboxylic acids is 3. The summed E-state index contributed by atoms with van der Waals surface area (Å²) < 4.78 is 13.6. The van der Waals surface area contributed by atoms with Crippen LogP contribution in [0.1, 0.15) is 23.2 Å². The zero-order valence-corrected chi connectivity index (χ0v) is 19.4. The number of urea groups is 1. The van der Waals surface area contributed by atoms with Crippen LogP contribution in [0.5, 0.6) is 0 Å². The summed E-state index contributed by atoms with van der Waals surface area (Å²) in [6, 6.07) is 10.2. The first kappa shape index (κ1) is 24.3. The number of carbonyl (C=O) groups is 3. The Labute approximate surface area is 198 Å². The van der Waals surface area contributed by atoms with Crippen molar-refractivity contribution in [2.45, 2.75) is 12.8 Å². The number of amides is 3. The molecule has 2 aromatic rings. The Hall–Kier alpha value is -3.31. The number of nitrogens with zero attached hydrogens (tertiary/aromatic N) is 2. The predicted molar refractivity (Wildman–Crippen MR) is 124 cm³/mol. The molecule has 1 aliphatic rings. The second kappa shape index (κ2) is 11.0. The van der Waals surface area contributed by atoms with Gasteiger partial charge >= 0.3 is 6.03 Å². The number of likely N-dealkylation sites (tertiary alicyclic amines) is 1. The number of piperidine rings is 1. The van der Waals surface area contributed by atoms with E-state index in [0.717, 1.165) is 0 Å². The highest BCUT2D eigenvalue weighted by molar-refractivity contribution is 9.10. The molecule has 0 bridgehead atoms. The van der Waals surface area contributed by atoms with E-state index in [1.165, 1.54) is 18.2 Å². The van der Waals surface area contributed by atoms with Crippen molar-refractivity contribution in [1.29, 1.82) is 0 Å². The number of anilines is 1. The number of rotatable bonds is 5. The molecule has 1 fully saturated rings. The Morgan fingerprint density at radius 1 is 1.12 bits per heavy atom. The van der Waals surface area contributed by atoms with Crippen LogP contribution < -0.4 is 16.1 Å². The molecule has 0 atom stereocenters. The van der Waals surface area contributed by atoms with Gasteiger partial charge in [0.1, 0.15) is 5.82 Å². The van der Waals surface area contributed by atoms with Gasteiger partial charge in [0.05, 0.1) is 10.2 Å². The van der Waals surface area contributed by atoms with Crippen LogP contribution in [0.15, 0.2) is 51.9 Å². The number of halogens is 2. The van der Waals surface area contributed by atoms with Gasteiger partial charge < -0.3 is 15.5 Å². The molecular formula is C22H23BrFN5O4. The lowest BCUT2D eigenvalue weighted by atomic mass is 9.92. The quantitative estimate of drug-likeness (QED) is 0.273. The van der Waals surface area contributed by atoms with Crippen molar-refractivity contribution in [3.05, 3.63) is 58.3 Å². The third-order valence-electron chi connectivity index (χ3n) is 5.26. The predicted octanol–water partition coefficient (Wildman–Crippen LogP) is 3.47. The zero-order valence-electron chi connectivity index (χ0n) is 17.8. The summed E-state index contributed by atoms with van der Waals surface area (Å²) in [4.78, 5) is 42.6. The van der Waals surface area contributed by atoms with Gasteiger partial charge in [0, 0.05) is 37.3 Å². The lowest BCUT2D eigenvalue weighted by Crippen LogP contribution is -2.44. The molecule has 3 rings (SSSR count). The van der Waals surface area contributed by atoms with Gasteiger partial charge in [-0.15, -0.1) is 0 Å². The molecular weight excluding hydrogens is 497 g/mol. The molecule has 174 valence electrons. The number of amidine groups is 1. The first-order chi connectivity index (χ1) is 15.8. The summed E-state index contributed by atoms with van der Waals surface area (Å²) in [6.45, 7) is 0.693. The second-order valence-electron chi connectivity index (χ2n) is 7.38. The molecule has 33 heavy (non-hydrogen) atoms. The van der Waals surface area contributed by atoms with Crippen LogP contribution in [-0.2, 0) is 4.79 Å². The van der Waals surface area contributed by atoms with Crippen molar-refractivity contribution in [2.24, 2.45) is 10.9 Å². The summed E-state index contributed by atoms with van der Waals surface area (Å²) in [5.74, 6) is -1.74. The van der Waals surface area contributed by atoms with Crippen LogP contribution >= 0.6 is 15.9 Å². The fraction of sp³-hybridized carbons (Fsp3) is 0.273. The maximum atomic E-state index is 13.4. The molecule has 0 unspecified atom stereocenters. The number of hydrogen-bond acceptors (Lipinski definition) is 5. The Bertz CT molecular complexity index is 1070. The van der Waals surface area contributed by atoms with E-state index >= 15 is 0 Å². The van der Waals surface area contributed by atoms with Gasteiger partial charge in [0.2, 0.25) is 5.78 Å². The van der Waals surface area contributed by atoms with Crippen molar-refractivity contribution in [2.75, 3.05) is 25.5 Å². The Morgan fingerprint density at radius 3 is 2.36 bits per heavy atom. The average molecular weight is 520 g/mol. The number of benzene rings is 2. The van der Waals surface area contributed by atoms with E-state index in [4.69, 9.17) is 0 Å². The molecule has 0 aromatic heterocycles. The standard InChI is InChI=1S/C22H23BrFN5O4/c1-25-21(31)14-2-4-15(5-3-14)27-22(32)29-10-8-13(9-11-29)19(30)20(28-33)26-16-6-7-18(24)17(23)12-16/h2-7,12-13,33H,8-11H2,1H3,(H,25,31)(H,26,28)(H,27,32). The van der Waals surface area contributed by atoms with Crippen LogP contribution in [0, 0.1) is 11.7 Å². The Morgan fingerprint density at radius 2 is 1.79 bits per heavy atom. The summed E-state index contributed by atoms with van der Waals surface area (Å²) >= 11 is 3.06. The van der Waals surface area contributed by atoms with E-state index in [2.05, 4.69) is 31.6 Å². The molecule has 9 nitrogen and oxygen atoms in total. The Balaban J connectivity index is 1.57. The Kier molecular flexibility index (Phi) is 8.12. The van der Waals surface area contributed by atoms with Crippen LogP contribution in [0.4, 0.5) is 20.6 Å². The lowest BCUT2D eigenvalue weighted by molar-refractivity contribution is -0.118. The van der Waals surface area contributed by atoms with E-state index in [1.807, 2.05) is 5.48 Å². The number of hydroxylamine groups is 1. The van der Waals surface area contributed by atoms with Crippen LogP contribution in [-0.4, -0.2) is 53.8 Å². The second-order valence-corrected chi connectivity index (χ2v) is 8.24. The molecule has 11 heteroatoms. The highest BCUT2D eigenvalue weighted by atomic mass is 79.9. The average Bonchev–Trinajstić information content (AvgIpc) is 2.84. The van der Waals surface area contributed by atoms with Gasteiger partial charge in [-0.3, -0.25) is 14.8 Å². The molecule has 0 spiro atoms. The number of aliphatic imine (C=N–C) groups is 1. The van der Waals surface area contributed by atoms with Gasteiger partial charge in [-0.2, -0.15) is 0 Å². The fourth-order valence-electron chi connectivity index (χ4n) is 3.41. The van der Waals surface area contributed by atoms with Gasteiger partial charge in [0.25, 0.3) is 5.91 Å². The number of nitrogens with one attached hydrogen (secondary N) is 3. The van der Waals surface area contributed by atoms with Gasteiger partial charge in [-0.05, 0) is 71.2 Å². The summed E-state index contributed by atoms with van der Waals surface area (Å²) in [7, 11) is 1.54. The van der Waals surface area contributed by atoms with Crippen molar-refractivity contribution in [3.63, 3.8) is 0 Å². The molecule has 1 saturated heterocycles. The minimum Gasteiger partial charge on any atom is -0.355 e. The summed E-state index contributed by atoms with van der Waals surface area (Å²) in [5.41, 5.74) is 3.17. The molecule has 0 radical (unpaired) electrons. The number of Topliss-reactive ketones (excluding diaryl/α,β-unsaturated/α-hetero) is 1. The zero-order chi connectivity index (χ0) is 24.0. The van der Waals surface area contributed by atoms with E-state index in [1.54, 1.807) is 36.2 Å². The van der Waals surface area contributed by atoms with Gasteiger partial charge in [-0.25, -0.2) is 19.7 Å². The normalized spacial score (nSPS) is 14.5. The van der Waals surface area contributed by atoms with Crippen molar-refractivity contribution < 1.29 is 24.0 Å². The summed E-state index contributed by atoms with van der Waals surface area (Å²) in [5, 5.41) is 14.7. The van der Waals surface area contributed by atoms with Crippen LogP contribution in [0.2, 0.25) is 0 Å². The van der Waals surface area contributed by atoms with E-state index in [-0.39, 0.29) is 28.0 Å². The fourth-order valence-corrected chi connectivity index (χ4v) is 3.78. The third kappa shape index (κ3) is 6.14. The molecule has 3 amide bonds. The minimum atomic E-state index is -0.466. The molecule has 1 aliphatic heterocycles. The van der Waals surface area contributed by atoms with Gasteiger partial charge in [0.15, 0.2) is 5.84 Å². The molecule has 0 saturated carbocycles. The van der Waals surface area contributed by atoms with E-state index in [9.17, 15) is 24.0 Å². The molecule has 4 N–H and O–H groups in total. The molecule has 1 heterocycles. The molecule has 0 aliphatic carbocycles. The number of ketones is 1. The van der Waals surface area contributed by atoms with Gasteiger partial charge in [-0.1, -0.05) is 0 Å².